The van der Waals surface area contributed by atoms with Crippen molar-refractivity contribution in [2.24, 2.45) is 0 Å². The Hall–Kier alpha value is -2.57. The third kappa shape index (κ3) is 32.9. The number of esters is 1. The molecule has 2 saturated heterocycles. The van der Waals surface area contributed by atoms with E-state index < -0.39 is 86.7 Å². The van der Waals surface area contributed by atoms with E-state index in [0.29, 0.717) is 13.0 Å². The highest BCUT2D eigenvalue weighted by molar-refractivity contribution is 5.69. The second-order valence-corrected chi connectivity index (χ2v) is 20.1. The van der Waals surface area contributed by atoms with E-state index in [1.807, 2.05) is 0 Å². The molecule has 2 fully saturated rings. The quantitative estimate of drug-likeness (QED) is 0.0172. The lowest BCUT2D eigenvalue weighted by Crippen LogP contribution is -2.61. The second-order valence-electron chi connectivity index (χ2n) is 20.1. The molecule has 0 aromatic heterocycles. The molecular formula is C60H104O14. The predicted octanol–water partition coefficient (Wildman–Crippen LogP) is 10.2. The number of ether oxygens (including phenoxy) is 6. The maximum absolute atomic E-state index is 13.0. The van der Waals surface area contributed by atoms with Crippen molar-refractivity contribution in [3.63, 3.8) is 0 Å². The van der Waals surface area contributed by atoms with E-state index in [2.05, 4.69) is 86.8 Å². The first-order chi connectivity index (χ1) is 36.1. The summed E-state index contributed by atoms with van der Waals surface area (Å²) in [5, 5.41) is 72.3. The highest BCUT2D eigenvalue weighted by atomic mass is 16.7. The van der Waals surface area contributed by atoms with Crippen molar-refractivity contribution in [1.29, 1.82) is 0 Å². The van der Waals surface area contributed by atoms with Crippen LogP contribution in [0.1, 0.15) is 200 Å². The Bertz CT molecular complexity index is 1500. The van der Waals surface area contributed by atoms with Crippen molar-refractivity contribution in [1.82, 2.24) is 0 Å². The summed E-state index contributed by atoms with van der Waals surface area (Å²) < 4.78 is 34.4. The molecular weight excluding hydrogens is 945 g/mol. The summed E-state index contributed by atoms with van der Waals surface area (Å²) in [6.07, 6.45) is 42.5. The molecule has 11 unspecified atom stereocenters. The SMILES string of the molecule is CC/C=C\C/C=C\C/C=C\C/C=C\CCCCCCCCCCCCCCCOCC(COC1OC(COC2OC(CO)C(O)C(O)C2O)C(O)C(O)C1O)OC(=O)CCCCCCC/C=C\C/C=C\CCCC. The largest absolute Gasteiger partial charge is 0.457 e. The monoisotopic (exact) mass is 1050 g/mol. The average Bonchev–Trinajstić information content (AvgIpc) is 3.40. The number of allylic oxidation sites excluding steroid dienone is 12. The summed E-state index contributed by atoms with van der Waals surface area (Å²) in [5.74, 6) is -0.392. The molecule has 2 heterocycles. The van der Waals surface area contributed by atoms with Crippen molar-refractivity contribution in [3.05, 3.63) is 72.9 Å². The van der Waals surface area contributed by atoms with Crippen LogP contribution >= 0.6 is 0 Å². The maximum Gasteiger partial charge on any atom is 0.306 e. The normalized spacial score (nSPS) is 25.3. The fourth-order valence-corrected chi connectivity index (χ4v) is 8.76. The number of unbranched alkanes of at least 4 members (excludes halogenated alkanes) is 20. The van der Waals surface area contributed by atoms with Gasteiger partial charge in [0, 0.05) is 13.0 Å². The van der Waals surface area contributed by atoms with Crippen LogP contribution in [0.2, 0.25) is 0 Å². The van der Waals surface area contributed by atoms with Gasteiger partial charge in [0.15, 0.2) is 12.6 Å². The molecule has 428 valence electrons. The number of aliphatic hydroxyl groups excluding tert-OH is 7. The average molecular weight is 1050 g/mol. The number of hydrogen-bond acceptors (Lipinski definition) is 14. The van der Waals surface area contributed by atoms with Crippen molar-refractivity contribution in [3.8, 4) is 0 Å². The van der Waals surface area contributed by atoms with E-state index in [9.17, 15) is 40.5 Å². The lowest BCUT2D eigenvalue weighted by atomic mass is 9.98. The van der Waals surface area contributed by atoms with Crippen molar-refractivity contribution < 1.29 is 69.0 Å². The Balaban J connectivity index is 1.68. The standard InChI is InChI=1S/C60H104O14/c1-3-5-7-9-11-13-15-17-19-20-21-22-23-24-25-26-27-28-29-30-32-34-36-38-40-42-44-69-46-49(72-52(62)43-41-39-37-35-33-31-18-16-14-12-10-8-6-4-2)47-70-59-58(68)56(66)54(64)51(74-59)48-71-60-57(67)55(65)53(63)50(45-61)73-60/h5,7,10-13,16-19,21-22,49-51,53-61,63-68H,3-4,6,8-9,14-15,20,23-48H2,1-2H3/b7-5-,12-10-,13-11-,18-16-,19-17-,22-21-. The van der Waals surface area contributed by atoms with Gasteiger partial charge in [0.25, 0.3) is 0 Å². The van der Waals surface area contributed by atoms with Gasteiger partial charge in [-0.3, -0.25) is 4.79 Å². The summed E-state index contributed by atoms with van der Waals surface area (Å²) in [4.78, 5) is 13.0. The maximum atomic E-state index is 13.0. The zero-order chi connectivity index (χ0) is 53.7. The highest BCUT2D eigenvalue weighted by Crippen LogP contribution is 2.26. The van der Waals surface area contributed by atoms with E-state index in [0.717, 1.165) is 89.9 Å². The molecule has 2 aliphatic heterocycles. The Morgan fingerprint density at radius 2 is 0.878 bits per heavy atom. The first kappa shape index (κ1) is 67.5. The molecule has 74 heavy (non-hydrogen) atoms. The molecule has 0 radical (unpaired) electrons. The van der Waals surface area contributed by atoms with Gasteiger partial charge in [-0.1, -0.05) is 189 Å². The summed E-state index contributed by atoms with van der Waals surface area (Å²) in [6, 6.07) is 0. The van der Waals surface area contributed by atoms with Crippen molar-refractivity contribution in [2.45, 2.75) is 268 Å². The lowest BCUT2D eigenvalue weighted by Gasteiger charge is -2.42. The molecule has 0 amide bonds. The predicted molar refractivity (Wildman–Crippen MR) is 293 cm³/mol. The van der Waals surface area contributed by atoms with E-state index in [4.69, 9.17) is 28.4 Å². The van der Waals surface area contributed by atoms with Crippen LogP contribution in [0.3, 0.4) is 0 Å². The van der Waals surface area contributed by atoms with Crippen LogP contribution < -0.4 is 0 Å². The minimum atomic E-state index is -1.71. The van der Waals surface area contributed by atoms with Crippen LogP contribution in [-0.2, 0) is 33.2 Å². The Morgan fingerprint density at radius 1 is 0.459 bits per heavy atom. The summed E-state index contributed by atoms with van der Waals surface area (Å²) in [7, 11) is 0. The fourth-order valence-electron chi connectivity index (χ4n) is 8.76. The lowest BCUT2D eigenvalue weighted by molar-refractivity contribution is -0.332. The first-order valence-electron chi connectivity index (χ1n) is 29.0. The van der Waals surface area contributed by atoms with Crippen molar-refractivity contribution in [2.75, 3.05) is 33.0 Å². The number of carbonyl (C=O) groups excluding carboxylic acids is 1. The summed E-state index contributed by atoms with van der Waals surface area (Å²) >= 11 is 0. The van der Waals surface area contributed by atoms with Gasteiger partial charge in [-0.05, 0) is 77.0 Å². The van der Waals surface area contributed by atoms with Crippen LogP contribution in [0.5, 0.6) is 0 Å². The van der Waals surface area contributed by atoms with Crippen LogP contribution in [0.15, 0.2) is 72.9 Å². The van der Waals surface area contributed by atoms with Gasteiger partial charge in [-0.15, -0.1) is 0 Å². The van der Waals surface area contributed by atoms with Gasteiger partial charge in [-0.2, -0.15) is 0 Å². The molecule has 14 heteroatoms. The molecule has 7 N–H and O–H groups in total. The molecule has 2 rings (SSSR count). The number of aliphatic hydroxyl groups is 7. The van der Waals surface area contributed by atoms with Crippen LogP contribution in [0.25, 0.3) is 0 Å². The van der Waals surface area contributed by atoms with E-state index in [-0.39, 0.29) is 19.6 Å². The van der Waals surface area contributed by atoms with Gasteiger partial charge in [0.1, 0.15) is 54.9 Å². The molecule has 0 bridgehead atoms. The number of carbonyl (C=O) groups is 1. The first-order valence-corrected chi connectivity index (χ1v) is 29.0. The molecule has 0 spiro atoms. The van der Waals surface area contributed by atoms with Gasteiger partial charge in [0.2, 0.25) is 0 Å². The molecule has 0 aromatic rings. The molecule has 2 aliphatic rings. The Labute approximate surface area is 447 Å². The zero-order valence-corrected chi connectivity index (χ0v) is 45.8. The van der Waals surface area contributed by atoms with Crippen LogP contribution in [0.4, 0.5) is 0 Å². The summed E-state index contributed by atoms with van der Waals surface area (Å²) in [6.45, 7) is 3.51. The molecule has 0 aliphatic carbocycles. The van der Waals surface area contributed by atoms with E-state index >= 15 is 0 Å². The molecule has 0 aromatic carbocycles. The van der Waals surface area contributed by atoms with Gasteiger partial charge < -0.3 is 64.2 Å². The fraction of sp³-hybridized carbons (Fsp3) is 0.783. The molecule has 14 nitrogen and oxygen atoms in total. The van der Waals surface area contributed by atoms with E-state index in [1.54, 1.807) is 0 Å². The van der Waals surface area contributed by atoms with Gasteiger partial charge in [0.05, 0.1) is 26.4 Å². The minimum Gasteiger partial charge on any atom is -0.457 e. The van der Waals surface area contributed by atoms with Gasteiger partial charge in [-0.25, -0.2) is 0 Å². The van der Waals surface area contributed by atoms with E-state index in [1.165, 1.54) is 83.5 Å². The van der Waals surface area contributed by atoms with Crippen molar-refractivity contribution >= 4 is 5.97 Å². The third-order valence-electron chi connectivity index (χ3n) is 13.4. The number of hydrogen-bond donors (Lipinski definition) is 7. The third-order valence-corrected chi connectivity index (χ3v) is 13.4. The zero-order valence-electron chi connectivity index (χ0n) is 45.8. The Morgan fingerprint density at radius 3 is 1.38 bits per heavy atom. The Kier molecular flexibility index (Phi) is 42.5. The number of rotatable bonds is 46. The topological polar surface area (TPSA) is 214 Å². The molecule has 11 atom stereocenters. The van der Waals surface area contributed by atoms with Crippen LogP contribution in [0, 0.1) is 0 Å². The molecule has 0 saturated carbocycles. The second kappa shape index (κ2) is 46.5. The highest BCUT2D eigenvalue weighted by Gasteiger charge is 2.47. The smallest absolute Gasteiger partial charge is 0.306 e. The summed E-state index contributed by atoms with van der Waals surface area (Å²) in [5.41, 5.74) is 0. The van der Waals surface area contributed by atoms with Crippen LogP contribution in [-0.4, -0.2) is 142 Å². The minimum absolute atomic E-state index is 0.0523. The van der Waals surface area contributed by atoms with Gasteiger partial charge >= 0.3 is 5.97 Å².